The van der Waals surface area contributed by atoms with Crippen molar-refractivity contribution in [2.45, 2.75) is 6.42 Å². The Balaban J connectivity index is 2.05. The number of benzene rings is 2. The smallest absolute Gasteiger partial charge is 0.228 e. The molecule has 0 spiro atoms. The van der Waals surface area contributed by atoms with Gasteiger partial charge >= 0.3 is 0 Å². The second-order valence-electron chi connectivity index (χ2n) is 4.05. The lowest BCUT2D eigenvalue weighted by Crippen LogP contribution is -2.15. The summed E-state index contributed by atoms with van der Waals surface area (Å²) in [5.74, 6) is -0.568. The highest BCUT2D eigenvalue weighted by molar-refractivity contribution is 9.10. The maximum atomic E-state index is 13.1. The summed E-state index contributed by atoms with van der Waals surface area (Å²) in [5, 5.41) is 2.69. The van der Waals surface area contributed by atoms with Crippen LogP contribution < -0.4 is 11.1 Å². The number of hydrogen-bond acceptors (Lipinski definition) is 2. The van der Waals surface area contributed by atoms with Crippen LogP contribution in [0.2, 0.25) is 0 Å². The lowest BCUT2D eigenvalue weighted by molar-refractivity contribution is -0.115. The Kier molecular flexibility index (Phi) is 4.16. The number of hydrogen-bond donors (Lipinski definition) is 2. The predicted molar refractivity (Wildman–Crippen MR) is 77.3 cm³/mol. The van der Waals surface area contributed by atoms with Gasteiger partial charge in [0.2, 0.25) is 5.91 Å². The third kappa shape index (κ3) is 3.54. The number of nitrogen functional groups attached to an aromatic ring is 1. The zero-order chi connectivity index (χ0) is 13.8. The predicted octanol–water partition coefficient (Wildman–Crippen LogP) is 3.35. The van der Waals surface area contributed by atoms with E-state index in [4.69, 9.17) is 5.73 Å². The number of rotatable bonds is 3. The van der Waals surface area contributed by atoms with E-state index in [1.165, 1.54) is 18.2 Å². The van der Waals surface area contributed by atoms with Gasteiger partial charge in [0.1, 0.15) is 5.82 Å². The second kappa shape index (κ2) is 5.84. The molecule has 0 unspecified atom stereocenters. The molecule has 0 heterocycles. The van der Waals surface area contributed by atoms with Gasteiger partial charge in [-0.25, -0.2) is 4.39 Å². The van der Waals surface area contributed by atoms with Gasteiger partial charge in [0.15, 0.2) is 0 Å². The molecule has 2 aromatic rings. The summed E-state index contributed by atoms with van der Waals surface area (Å²) in [4.78, 5) is 11.9. The maximum absolute atomic E-state index is 13.1. The van der Waals surface area contributed by atoms with Crippen molar-refractivity contribution >= 4 is 33.2 Å². The summed E-state index contributed by atoms with van der Waals surface area (Å²) < 4.78 is 13.4. The molecule has 0 aromatic heterocycles. The number of amides is 1. The maximum Gasteiger partial charge on any atom is 0.228 e. The first-order valence-corrected chi connectivity index (χ1v) is 6.44. The van der Waals surface area contributed by atoms with Crippen molar-refractivity contribution in [2.24, 2.45) is 0 Å². The Morgan fingerprint density at radius 3 is 2.68 bits per heavy atom. The number of anilines is 2. The molecule has 5 heteroatoms. The molecule has 1 amide bonds. The molecule has 0 aliphatic rings. The average molecular weight is 323 g/mol. The number of carbonyl (C=O) groups is 1. The van der Waals surface area contributed by atoms with Crippen molar-refractivity contribution in [3.8, 4) is 0 Å². The molecule has 19 heavy (non-hydrogen) atoms. The average Bonchev–Trinajstić information content (AvgIpc) is 2.37. The van der Waals surface area contributed by atoms with Crippen LogP contribution in [0.5, 0.6) is 0 Å². The van der Waals surface area contributed by atoms with Gasteiger partial charge < -0.3 is 11.1 Å². The van der Waals surface area contributed by atoms with E-state index in [1.54, 1.807) is 12.1 Å². The third-order valence-corrected chi connectivity index (χ3v) is 3.22. The van der Waals surface area contributed by atoms with E-state index in [2.05, 4.69) is 21.2 Å². The van der Waals surface area contributed by atoms with Gasteiger partial charge in [0.25, 0.3) is 0 Å². The van der Waals surface area contributed by atoms with Gasteiger partial charge in [-0.3, -0.25) is 4.79 Å². The second-order valence-corrected chi connectivity index (χ2v) is 4.91. The van der Waals surface area contributed by atoms with Crippen LogP contribution in [-0.2, 0) is 11.2 Å². The lowest BCUT2D eigenvalue weighted by Gasteiger charge is -2.07. The monoisotopic (exact) mass is 322 g/mol. The molecule has 0 saturated heterocycles. The van der Waals surface area contributed by atoms with Crippen molar-refractivity contribution in [3.63, 3.8) is 0 Å². The van der Waals surface area contributed by atoms with Crippen molar-refractivity contribution in [2.75, 3.05) is 11.1 Å². The van der Waals surface area contributed by atoms with Crippen LogP contribution in [0.1, 0.15) is 5.56 Å². The fourth-order valence-electron chi connectivity index (χ4n) is 1.65. The summed E-state index contributed by atoms with van der Waals surface area (Å²) in [5.41, 5.74) is 7.65. The molecule has 3 nitrogen and oxygen atoms in total. The first-order chi connectivity index (χ1) is 9.06. The minimum Gasteiger partial charge on any atom is -0.398 e. The van der Waals surface area contributed by atoms with Crippen LogP contribution >= 0.6 is 15.9 Å². The standard InChI is InChI=1S/C14H12BrFN2O/c15-11-8-10(5-6-12(11)16)18-14(19)7-9-3-1-2-4-13(9)17/h1-6,8H,7,17H2,(H,18,19). The van der Waals surface area contributed by atoms with Gasteiger partial charge in [-0.2, -0.15) is 0 Å². The molecule has 0 fully saturated rings. The largest absolute Gasteiger partial charge is 0.398 e. The number of para-hydroxylation sites is 1. The Bertz CT molecular complexity index is 616. The van der Waals surface area contributed by atoms with E-state index in [1.807, 2.05) is 12.1 Å². The molecule has 3 N–H and O–H groups in total. The Labute approximate surface area is 118 Å². The van der Waals surface area contributed by atoms with E-state index < -0.39 is 0 Å². The van der Waals surface area contributed by atoms with Crippen molar-refractivity contribution < 1.29 is 9.18 Å². The molecular formula is C14H12BrFN2O. The molecule has 0 radical (unpaired) electrons. The van der Waals surface area contributed by atoms with Crippen LogP contribution in [0.3, 0.4) is 0 Å². The topological polar surface area (TPSA) is 55.1 Å². The fraction of sp³-hybridized carbons (Fsp3) is 0.0714. The Morgan fingerprint density at radius 2 is 2.00 bits per heavy atom. The first-order valence-electron chi connectivity index (χ1n) is 5.64. The highest BCUT2D eigenvalue weighted by Gasteiger charge is 2.07. The number of nitrogens with one attached hydrogen (secondary N) is 1. The molecule has 2 aromatic carbocycles. The molecule has 0 aliphatic carbocycles. The quantitative estimate of drug-likeness (QED) is 0.851. The van der Waals surface area contributed by atoms with Crippen LogP contribution in [0, 0.1) is 5.82 Å². The third-order valence-electron chi connectivity index (χ3n) is 2.61. The van der Waals surface area contributed by atoms with Crippen molar-refractivity contribution in [1.29, 1.82) is 0 Å². The highest BCUT2D eigenvalue weighted by Crippen LogP contribution is 2.20. The molecular weight excluding hydrogens is 311 g/mol. The van der Waals surface area contributed by atoms with Crippen LogP contribution in [0.15, 0.2) is 46.9 Å². The summed E-state index contributed by atoms with van der Waals surface area (Å²) in [6.07, 6.45) is 0.182. The molecule has 0 atom stereocenters. The van der Waals surface area contributed by atoms with E-state index >= 15 is 0 Å². The van der Waals surface area contributed by atoms with Crippen LogP contribution in [-0.4, -0.2) is 5.91 Å². The number of nitrogens with two attached hydrogens (primary N) is 1. The lowest BCUT2D eigenvalue weighted by atomic mass is 10.1. The summed E-state index contributed by atoms with van der Waals surface area (Å²) in [7, 11) is 0. The number of carbonyl (C=O) groups excluding carboxylic acids is 1. The van der Waals surface area contributed by atoms with E-state index in [0.29, 0.717) is 15.8 Å². The van der Waals surface area contributed by atoms with Gasteiger partial charge in [0, 0.05) is 11.4 Å². The first kappa shape index (κ1) is 13.5. The van der Waals surface area contributed by atoms with Gasteiger partial charge in [-0.05, 0) is 45.8 Å². The summed E-state index contributed by atoms with van der Waals surface area (Å²) in [6, 6.07) is 11.5. The van der Waals surface area contributed by atoms with E-state index in [9.17, 15) is 9.18 Å². The SMILES string of the molecule is Nc1ccccc1CC(=O)Nc1ccc(F)c(Br)c1. The number of halogens is 2. The van der Waals surface area contributed by atoms with Crippen molar-refractivity contribution in [1.82, 2.24) is 0 Å². The van der Waals surface area contributed by atoms with E-state index in [0.717, 1.165) is 5.56 Å². The minimum atomic E-state index is -0.370. The molecule has 2 rings (SSSR count). The Hall–Kier alpha value is -1.88. The molecule has 0 aliphatic heterocycles. The zero-order valence-corrected chi connectivity index (χ0v) is 11.6. The van der Waals surface area contributed by atoms with Crippen LogP contribution in [0.4, 0.5) is 15.8 Å². The molecule has 0 bridgehead atoms. The van der Waals surface area contributed by atoms with Gasteiger partial charge in [0.05, 0.1) is 10.9 Å². The van der Waals surface area contributed by atoms with Crippen molar-refractivity contribution in [3.05, 3.63) is 58.3 Å². The summed E-state index contributed by atoms with van der Waals surface area (Å²) in [6.45, 7) is 0. The fourth-order valence-corrected chi connectivity index (χ4v) is 2.03. The zero-order valence-electron chi connectivity index (χ0n) is 9.99. The van der Waals surface area contributed by atoms with Gasteiger partial charge in [-0.15, -0.1) is 0 Å². The van der Waals surface area contributed by atoms with Crippen LogP contribution in [0.25, 0.3) is 0 Å². The van der Waals surface area contributed by atoms with E-state index in [-0.39, 0.29) is 18.1 Å². The Morgan fingerprint density at radius 1 is 1.26 bits per heavy atom. The molecule has 0 saturated carbocycles. The summed E-state index contributed by atoms with van der Waals surface area (Å²) >= 11 is 3.07. The molecule has 98 valence electrons. The highest BCUT2D eigenvalue weighted by atomic mass is 79.9. The minimum absolute atomic E-state index is 0.182. The normalized spacial score (nSPS) is 10.2. The van der Waals surface area contributed by atoms with Gasteiger partial charge in [-0.1, -0.05) is 18.2 Å².